The largest absolute Gasteiger partial charge is 0.472 e. The van der Waals surface area contributed by atoms with Gasteiger partial charge < -0.3 is 33.8 Å². The lowest BCUT2D eigenvalue weighted by Crippen LogP contribution is -2.30. The number of aliphatic hydroxyl groups is 1. The van der Waals surface area contributed by atoms with Crippen LogP contribution in [0.25, 0.3) is 0 Å². The van der Waals surface area contributed by atoms with Crippen LogP contribution in [0, 0.1) is 11.8 Å². The summed E-state index contributed by atoms with van der Waals surface area (Å²) in [5.41, 5.74) is 0. The molecule has 516 valence electrons. The van der Waals surface area contributed by atoms with E-state index in [-0.39, 0.29) is 25.7 Å². The molecule has 0 aliphatic heterocycles. The molecular formula is C68H132O17P2. The van der Waals surface area contributed by atoms with Gasteiger partial charge in [0, 0.05) is 25.7 Å². The van der Waals surface area contributed by atoms with Gasteiger partial charge in [-0.3, -0.25) is 37.3 Å². The van der Waals surface area contributed by atoms with Crippen LogP contribution >= 0.6 is 15.6 Å². The van der Waals surface area contributed by atoms with Crippen molar-refractivity contribution in [3.8, 4) is 0 Å². The maximum Gasteiger partial charge on any atom is 0.472 e. The Morgan fingerprint density at radius 2 is 0.529 bits per heavy atom. The molecule has 0 rings (SSSR count). The molecule has 0 saturated heterocycles. The van der Waals surface area contributed by atoms with Gasteiger partial charge in [-0.2, -0.15) is 0 Å². The minimum atomic E-state index is -4.95. The lowest BCUT2D eigenvalue weighted by atomic mass is 10.0. The van der Waals surface area contributed by atoms with Crippen LogP contribution in [-0.4, -0.2) is 96.7 Å². The Morgan fingerprint density at radius 1 is 0.310 bits per heavy atom. The van der Waals surface area contributed by atoms with Crippen LogP contribution in [-0.2, 0) is 65.4 Å². The number of hydrogen-bond acceptors (Lipinski definition) is 15. The molecule has 0 aromatic heterocycles. The molecule has 0 spiro atoms. The highest BCUT2D eigenvalue weighted by Crippen LogP contribution is 2.45. The Kier molecular flexibility index (Phi) is 59.0. The number of phosphoric ester groups is 2. The second-order valence-corrected chi connectivity index (χ2v) is 28.4. The molecule has 0 bridgehead atoms. The van der Waals surface area contributed by atoms with Gasteiger partial charge in [0.05, 0.1) is 26.4 Å². The lowest BCUT2D eigenvalue weighted by Gasteiger charge is -2.21. The minimum absolute atomic E-state index is 0.106. The minimum Gasteiger partial charge on any atom is -0.462 e. The number of rotatable bonds is 67. The Hall–Kier alpha value is -1.94. The first kappa shape index (κ1) is 85.1. The van der Waals surface area contributed by atoms with E-state index in [2.05, 4.69) is 41.5 Å². The summed E-state index contributed by atoms with van der Waals surface area (Å²) in [6, 6.07) is 0. The molecule has 0 aromatic carbocycles. The molecule has 0 amide bonds. The fraction of sp³-hybridized carbons (Fsp3) is 0.941. The smallest absolute Gasteiger partial charge is 0.462 e. The van der Waals surface area contributed by atoms with Gasteiger partial charge in [0.1, 0.15) is 19.3 Å². The molecule has 0 aromatic rings. The number of unbranched alkanes of at least 4 members (excludes halogenated alkanes) is 37. The molecular weight excluding hydrogens is 1150 g/mol. The SMILES string of the molecule is CCCCCCCCCCCCCCCC(=O)O[C@H](COC(=O)CCCCCCCCCC)COP(=O)(O)OC[C@H](O)COP(=O)(O)OC[C@@H](COC(=O)CCCCCCCCCCCCC(C)C)OC(=O)CCCCCCCCCCCCC(C)C. The second-order valence-electron chi connectivity index (χ2n) is 25.5. The first-order valence-corrected chi connectivity index (χ1v) is 38.5. The first-order chi connectivity index (χ1) is 41.9. The Bertz CT molecular complexity index is 1700. The van der Waals surface area contributed by atoms with Crippen LogP contribution < -0.4 is 0 Å². The van der Waals surface area contributed by atoms with E-state index in [1.54, 1.807) is 0 Å². The van der Waals surface area contributed by atoms with Gasteiger partial charge in [-0.25, -0.2) is 9.13 Å². The van der Waals surface area contributed by atoms with Crippen molar-refractivity contribution < 1.29 is 80.2 Å². The van der Waals surface area contributed by atoms with Crippen LogP contribution in [0.5, 0.6) is 0 Å². The molecule has 0 saturated carbocycles. The third-order valence-corrected chi connectivity index (χ3v) is 17.6. The van der Waals surface area contributed by atoms with E-state index < -0.39 is 97.5 Å². The zero-order valence-electron chi connectivity index (χ0n) is 56.3. The number of phosphoric acid groups is 2. The zero-order chi connectivity index (χ0) is 64.3. The van der Waals surface area contributed by atoms with Gasteiger partial charge in [0.25, 0.3) is 0 Å². The monoisotopic (exact) mass is 1280 g/mol. The van der Waals surface area contributed by atoms with Gasteiger partial charge >= 0.3 is 39.5 Å². The molecule has 87 heavy (non-hydrogen) atoms. The Balaban J connectivity index is 5.23. The van der Waals surface area contributed by atoms with E-state index in [9.17, 15) is 43.2 Å². The molecule has 19 heteroatoms. The van der Waals surface area contributed by atoms with Crippen LogP contribution in [0.15, 0.2) is 0 Å². The van der Waals surface area contributed by atoms with E-state index in [4.69, 9.17) is 37.0 Å². The van der Waals surface area contributed by atoms with Crippen molar-refractivity contribution in [2.45, 2.75) is 362 Å². The molecule has 5 atom stereocenters. The van der Waals surface area contributed by atoms with Crippen LogP contribution in [0.4, 0.5) is 0 Å². The summed E-state index contributed by atoms with van der Waals surface area (Å²) in [5, 5.41) is 10.6. The normalized spacial score (nSPS) is 14.2. The van der Waals surface area contributed by atoms with Crippen LogP contribution in [0.1, 0.15) is 343 Å². The third kappa shape index (κ3) is 62.6. The number of hydrogen-bond donors (Lipinski definition) is 3. The third-order valence-electron chi connectivity index (χ3n) is 15.7. The van der Waals surface area contributed by atoms with Gasteiger partial charge in [-0.05, 0) is 37.5 Å². The maximum atomic E-state index is 13.0. The van der Waals surface area contributed by atoms with Gasteiger partial charge in [0.2, 0.25) is 0 Å². The summed E-state index contributed by atoms with van der Waals surface area (Å²) in [6.45, 7) is 9.49. The van der Waals surface area contributed by atoms with Crippen LogP contribution in [0.3, 0.4) is 0 Å². The molecule has 2 unspecified atom stereocenters. The molecule has 3 N–H and O–H groups in total. The predicted octanol–water partition coefficient (Wildman–Crippen LogP) is 19.2. The van der Waals surface area contributed by atoms with E-state index in [1.165, 1.54) is 154 Å². The first-order valence-electron chi connectivity index (χ1n) is 35.5. The Morgan fingerprint density at radius 3 is 0.782 bits per heavy atom. The highest BCUT2D eigenvalue weighted by Gasteiger charge is 2.30. The van der Waals surface area contributed by atoms with Crippen molar-refractivity contribution in [1.29, 1.82) is 0 Å². The summed E-state index contributed by atoms with van der Waals surface area (Å²) in [4.78, 5) is 72.4. The number of carbonyl (C=O) groups is 4. The van der Waals surface area contributed by atoms with Crippen molar-refractivity contribution in [2.75, 3.05) is 39.6 Å². The van der Waals surface area contributed by atoms with Crippen molar-refractivity contribution in [1.82, 2.24) is 0 Å². The molecule has 17 nitrogen and oxygen atoms in total. The molecule has 0 radical (unpaired) electrons. The van der Waals surface area contributed by atoms with Crippen molar-refractivity contribution in [3.63, 3.8) is 0 Å². The van der Waals surface area contributed by atoms with E-state index in [0.717, 1.165) is 108 Å². The lowest BCUT2D eigenvalue weighted by molar-refractivity contribution is -0.161. The van der Waals surface area contributed by atoms with E-state index in [0.29, 0.717) is 25.7 Å². The predicted molar refractivity (Wildman–Crippen MR) is 349 cm³/mol. The summed E-state index contributed by atoms with van der Waals surface area (Å²) in [7, 11) is -9.89. The average molecular weight is 1280 g/mol. The topological polar surface area (TPSA) is 237 Å². The zero-order valence-corrected chi connectivity index (χ0v) is 58.1. The highest BCUT2D eigenvalue weighted by atomic mass is 31.2. The summed E-state index contributed by atoms with van der Waals surface area (Å²) in [5.74, 6) is -0.618. The Labute approximate surface area is 530 Å². The second kappa shape index (κ2) is 60.3. The molecule has 0 fully saturated rings. The summed E-state index contributed by atoms with van der Waals surface area (Å²) >= 11 is 0. The fourth-order valence-corrected chi connectivity index (χ4v) is 11.8. The van der Waals surface area contributed by atoms with Crippen LogP contribution in [0.2, 0.25) is 0 Å². The van der Waals surface area contributed by atoms with Crippen molar-refractivity contribution in [2.24, 2.45) is 11.8 Å². The van der Waals surface area contributed by atoms with Gasteiger partial charge in [0.15, 0.2) is 12.2 Å². The quantitative estimate of drug-likeness (QED) is 0.0222. The van der Waals surface area contributed by atoms with Crippen molar-refractivity contribution >= 4 is 39.5 Å². The molecule has 0 heterocycles. The summed E-state index contributed by atoms with van der Waals surface area (Å²) < 4.78 is 68.2. The number of carbonyl (C=O) groups excluding carboxylic acids is 4. The standard InChI is InChI=1S/C68H132O17P2/c1-7-9-11-13-15-17-18-19-20-28-34-40-46-52-67(72)84-63(56-78-65(70)50-44-38-32-16-14-12-10-8-2)58-82-86(74,75)80-54-62(69)55-81-87(76,77)83-59-64(85-68(73)53-47-41-35-29-24-22-26-31-37-43-49-61(5)6)57-79-66(71)51-45-39-33-27-23-21-25-30-36-42-48-60(3)4/h60-64,69H,7-59H2,1-6H3,(H,74,75)(H,76,77)/t62-,63+,64+/m0/s1. The van der Waals surface area contributed by atoms with Gasteiger partial charge in [-0.15, -0.1) is 0 Å². The van der Waals surface area contributed by atoms with E-state index >= 15 is 0 Å². The summed E-state index contributed by atoms with van der Waals surface area (Å²) in [6.07, 6.45) is 44.4. The number of ether oxygens (including phenoxy) is 4. The number of esters is 4. The average Bonchev–Trinajstić information content (AvgIpc) is 3.58. The van der Waals surface area contributed by atoms with E-state index in [1.807, 2.05) is 0 Å². The molecule has 0 aliphatic carbocycles. The number of aliphatic hydroxyl groups excluding tert-OH is 1. The van der Waals surface area contributed by atoms with Crippen molar-refractivity contribution in [3.05, 3.63) is 0 Å². The maximum absolute atomic E-state index is 13.0. The van der Waals surface area contributed by atoms with Gasteiger partial charge in [-0.1, -0.05) is 292 Å². The fourth-order valence-electron chi connectivity index (χ4n) is 10.2. The highest BCUT2D eigenvalue weighted by molar-refractivity contribution is 7.47. The molecule has 0 aliphatic rings.